The van der Waals surface area contributed by atoms with Crippen LogP contribution in [0.1, 0.15) is 20.8 Å². The Morgan fingerprint density at radius 2 is 1.79 bits per heavy atom. The van der Waals surface area contributed by atoms with Crippen molar-refractivity contribution in [3.63, 3.8) is 0 Å². The number of amides is 2. The van der Waals surface area contributed by atoms with Gasteiger partial charge in [-0.15, -0.1) is 0 Å². The van der Waals surface area contributed by atoms with E-state index in [1.165, 1.54) is 24.3 Å². The van der Waals surface area contributed by atoms with Gasteiger partial charge in [-0.3, -0.25) is 14.5 Å². The largest absolute Gasteiger partial charge is 0.489 e. The summed E-state index contributed by atoms with van der Waals surface area (Å²) in [6, 6.07) is 0. The lowest BCUT2D eigenvalue weighted by atomic mass is 10.1. The molecule has 1 rings (SSSR count). The Morgan fingerprint density at radius 1 is 1.17 bits per heavy atom. The van der Waals surface area contributed by atoms with Crippen LogP contribution in [0.25, 0.3) is 0 Å². The summed E-state index contributed by atoms with van der Waals surface area (Å²) in [6.45, 7) is 11.4. The van der Waals surface area contributed by atoms with Crippen LogP contribution in [0, 0.1) is 0 Å². The van der Waals surface area contributed by atoms with E-state index < -0.39 is 36.8 Å². The van der Waals surface area contributed by atoms with E-state index >= 15 is 0 Å². The number of hydrogen-bond acceptors (Lipinski definition) is 4. The van der Waals surface area contributed by atoms with Crippen LogP contribution in [0.5, 0.6) is 0 Å². The monoisotopic (exact) mass is 401 g/mol. The van der Waals surface area contributed by atoms with E-state index in [4.69, 9.17) is 9.84 Å². The quantitative estimate of drug-likeness (QED) is 0.275. The number of aliphatic carboxylic acids is 1. The Bertz CT molecular complexity index is 883. The summed E-state index contributed by atoms with van der Waals surface area (Å²) in [7, 11) is 0. The zero-order valence-corrected chi connectivity index (χ0v) is 16.7. The number of hydrogen-bond donors (Lipinski definition) is 1. The third kappa shape index (κ3) is 6.00. The highest BCUT2D eigenvalue weighted by Crippen LogP contribution is 2.27. The van der Waals surface area contributed by atoms with Crippen molar-refractivity contribution in [3.05, 3.63) is 83.5 Å². The number of carboxylic acid groups (broad SMARTS) is 1. The average molecular weight is 401 g/mol. The fraction of sp³-hybridized carbons (Fsp3) is 0.227. The van der Waals surface area contributed by atoms with Crippen LogP contribution >= 0.6 is 0 Å². The molecule has 7 heteroatoms. The summed E-state index contributed by atoms with van der Waals surface area (Å²) >= 11 is 0. The summed E-state index contributed by atoms with van der Waals surface area (Å²) in [4.78, 5) is 37.0. The predicted octanol–water partition coefficient (Wildman–Crippen LogP) is 3.77. The maximum Gasteiger partial charge on any atom is 0.364 e. The van der Waals surface area contributed by atoms with E-state index in [0.717, 1.165) is 10.5 Å². The van der Waals surface area contributed by atoms with Crippen molar-refractivity contribution in [2.75, 3.05) is 13.2 Å². The average Bonchev–Trinajstić information content (AvgIpc) is 2.89. The van der Waals surface area contributed by atoms with Crippen molar-refractivity contribution >= 4 is 17.8 Å². The number of likely N-dealkylation sites (tertiary alicyclic amines) is 1. The van der Waals surface area contributed by atoms with Crippen LogP contribution in [0.15, 0.2) is 83.5 Å². The van der Waals surface area contributed by atoms with Gasteiger partial charge in [-0.05, 0) is 39.0 Å². The number of carbonyl (C=O) groups excluding carboxylic acids is 2. The molecule has 0 unspecified atom stereocenters. The molecule has 0 atom stereocenters. The lowest BCUT2D eigenvalue weighted by Gasteiger charge is -2.17. The first kappa shape index (κ1) is 23.6. The number of imide groups is 1. The normalized spacial score (nSPS) is 18.1. The summed E-state index contributed by atoms with van der Waals surface area (Å²) in [5.74, 6) is -4.33. The molecular formula is C22H24FNO5. The third-order valence-electron chi connectivity index (χ3n) is 3.86. The Hall–Kier alpha value is -3.48. The van der Waals surface area contributed by atoms with Gasteiger partial charge in [0.05, 0.1) is 12.1 Å². The van der Waals surface area contributed by atoms with Gasteiger partial charge in [-0.1, -0.05) is 37.0 Å². The zero-order valence-electron chi connectivity index (χ0n) is 16.7. The minimum absolute atomic E-state index is 0.110. The second kappa shape index (κ2) is 10.8. The van der Waals surface area contributed by atoms with E-state index in [-0.39, 0.29) is 22.5 Å². The summed E-state index contributed by atoms with van der Waals surface area (Å²) in [5, 5.41) is 9.03. The Morgan fingerprint density at radius 3 is 2.28 bits per heavy atom. The Balaban J connectivity index is 3.21. The number of ether oxygens (including phenoxy) is 1. The van der Waals surface area contributed by atoms with E-state index in [9.17, 15) is 18.8 Å². The number of carboxylic acids is 1. The van der Waals surface area contributed by atoms with Crippen molar-refractivity contribution in [2.24, 2.45) is 0 Å². The van der Waals surface area contributed by atoms with Crippen molar-refractivity contribution in [1.82, 2.24) is 4.90 Å². The molecule has 1 saturated heterocycles. The van der Waals surface area contributed by atoms with Gasteiger partial charge in [-0.2, -0.15) is 4.39 Å². The molecule has 0 spiro atoms. The number of halogens is 1. The number of allylic oxidation sites excluding steroid dienone is 7. The first-order valence-electron chi connectivity index (χ1n) is 8.74. The molecule has 1 aliphatic rings. The SMILES string of the molecule is C=C/C=C1/C(=O)N(C/C(CO/C(C=C)=C/C=C(C)C)=C(\F)C(=O)O)C(=O)/C1=C/C. The maximum atomic E-state index is 14.2. The zero-order chi connectivity index (χ0) is 22.1. The van der Waals surface area contributed by atoms with E-state index in [2.05, 4.69) is 13.2 Å². The van der Waals surface area contributed by atoms with Gasteiger partial charge in [0.25, 0.3) is 11.8 Å². The minimum atomic E-state index is -1.82. The van der Waals surface area contributed by atoms with Gasteiger partial charge >= 0.3 is 5.97 Å². The van der Waals surface area contributed by atoms with Crippen molar-refractivity contribution in [2.45, 2.75) is 20.8 Å². The van der Waals surface area contributed by atoms with Crippen molar-refractivity contribution in [3.8, 4) is 0 Å². The molecule has 0 aromatic heterocycles. The van der Waals surface area contributed by atoms with Crippen LogP contribution in [0.3, 0.4) is 0 Å². The highest BCUT2D eigenvalue weighted by Gasteiger charge is 2.39. The molecule has 29 heavy (non-hydrogen) atoms. The van der Waals surface area contributed by atoms with E-state index in [1.807, 2.05) is 13.8 Å². The number of rotatable bonds is 9. The molecule has 6 nitrogen and oxygen atoms in total. The fourth-order valence-electron chi connectivity index (χ4n) is 2.43. The lowest BCUT2D eigenvalue weighted by molar-refractivity contribution is -0.137. The topological polar surface area (TPSA) is 83.9 Å². The molecule has 1 fully saturated rings. The van der Waals surface area contributed by atoms with E-state index in [0.29, 0.717) is 0 Å². The highest BCUT2D eigenvalue weighted by molar-refractivity contribution is 6.24. The maximum absolute atomic E-state index is 14.2. The molecular weight excluding hydrogens is 377 g/mol. The van der Waals surface area contributed by atoms with Gasteiger partial charge < -0.3 is 9.84 Å². The molecule has 0 bridgehead atoms. The molecule has 0 aliphatic carbocycles. The predicted molar refractivity (Wildman–Crippen MR) is 108 cm³/mol. The van der Waals surface area contributed by atoms with Gasteiger partial charge in [0.2, 0.25) is 5.83 Å². The fourth-order valence-corrected chi connectivity index (χ4v) is 2.43. The first-order valence-corrected chi connectivity index (χ1v) is 8.74. The second-order valence-electron chi connectivity index (χ2n) is 6.24. The molecule has 0 aromatic rings. The first-order chi connectivity index (χ1) is 13.7. The number of carbonyl (C=O) groups is 3. The van der Waals surface area contributed by atoms with Crippen LogP contribution in [0.2, 0.25) is 0 Å². The van der Waals surface area contributed by atoms with E-state index in [1.54, 1.807) is 19.1 Å². The van der Waals surface area contributed by atoms with Crippen LogP contribution < -0.4 is 0 Å². The third-order valence-corrected chi connectivity index (χ3v) is 3.86. The molecule has 1 heterocycles. The van der Waals surface area contributed by atoms with Crippen LogP contribution in [-0.4, -0.2) is 40.9 Å². The van der Waals surface area contributed by atoms with Crippen LogP contribution in [0.4, 0.5) is 4.39 Å². The Labute approximate surface area is 169 Å². The molecule has 154 valence electrons. The summed E-state index contributed by atoms with van der Waals surface area (Å²) in [6.07, 6.45) is 8.90. The van der Waals surface area contributed by atoms with Crippen molar-refractivity contribution in [1.29, 1.82) is 0 Å². The molecule has 0 radical (unpaired) electrons. The molecule has 1 N–H and O–H groups in total. The molecule has 1 aliphatic heterocycles. The van der Waals surface area contributed by atoms with Crippen molar-refractivity contribution < 1.29 is 28.6 Å². The molecule has 2 amide bonds. The minimum Gasteiger partial charge on any atom is -0.489 e. The van der Waals surface area contributed by atoms with Gasteiger partial charge in [0.1, 0.15) is 12.4 Å². The molecule has 0 aromatic carbocycles. The van der Waals surface area contributed by atoms with Gasteiger partial charge in [0.15, 0.2) is 0 Å². The standard InChI is InChI=1S/C22H24FNO5/c1-6-9-18-17(8-3)20(25)24(21(18)26)12-15(19(23)22(27)28)13-29-16(7-2)11-10-14(4)5/h6-11H,1-2,12-13H2,3-5H3,(H,27,28)/b16-11+,17-8+,18-9+,19-15+. The van der Waals surface area contributed by atoms with Crippen LogP contribution in [-0.2, 0) is 19.1 Å². The second-order valence-corrected chi connectivity index (χ2v) is 6.24. The highest BCUT2D eigenvalue weighted by atomic mass is 19.1. The molecule has 0 saturated carbocycles. The Kier molecular flexibility index (Phi) is 8.73. The van der Waals surface area contributed by atoms with Gasteiger partial charge in [0, 0.05) is 11.1 Å². The smallest absolute Gasteiger partial charge is 0.364 e. The summed E-state index contributed by atoms with van der Waals surface area (Å²) in [5.41, 5.74) is 0.869. The summed E-state index contributed by atoms with van der Waals surface area (Å²) < 4.78 is 19.7. The van der Waals surface area contributed by atoms with Gasteiger partial charge in [-0.25, -0.2) is 4.79 Å². The lowest BCUT2D eigenvalue weighted by Crippen LogP contribution is -2.33. The number of nitrogens with zero attached hydrogens (tertiary/aromatic N) is 1.